The van der Waals surface area contributed by atoms with E-state index in [0.29, 0.717) is 27.6 Å². The maximum atomic E-state index is 13.1. The molecule has 1 aliphatic heterocycles. The van der Waals surface area contributed by atoms with Gasteiger partial charge < -0.3 is 10.2 Å². The number of piperidine rings is 1. The summed E-state index contributed by atoms with van der Waals surface area (Å²) in [4.78, 5) is 27.9. The molecule has 1 saturated heterocycles. The molecule has 3 rings (SSSR count). The summed E-state index contributed by atoms with van der Waals surface area (Å²) in [6, 6.07) is 13.8. The second kappa shape index (κ2) is 8.47. The van der Waals surface area contributed by atoms with E-state index in [9.17, 15) is 9.59 Å². The number of rotatable bonds is 5. The Labute approximate surface area is 159 Å². The van der Waals surface area contributed by atoms with E-state index in [1.165, 1.54) is 0 Å². The fourth-order valence-corrected chi connectivity index (χ4v) is 3.63. The van der Waals surface area contributed by atoms with Gasteiger partial charge in [-0.1, -0.05) is 29.8 Å². The molecule has 1 aliphatic rings. The summed E-state index contributed by atoms with van der Waals surface area (Å²) >= 11 is 5.91. The number of nitrogens with zero attached hydrogens (tertiary/aromatic N) is 1. The number of benzene rings is 2. The van der Waals surface area contributed by atoms with Gasteiger partial charge in [0.25, 0.3) is 5.91 Å². The van der Waals surface area contributed by atoms with Gasteiger partial charge in [-0.2, -0.15) is 0 Å². The van der Waals surface area contributed by atoms with Gasteiger partial charge in [-0.3, -0.25) is 9.59 Å². The van der Waals surface area contributed by atoms with E-state index in [0.717, 1.165) is 32.5 Å². The van der Waals surface area contributed by atoms with Gasteiger partial charge in [-0.25, -0.2) is 0 Å². The van der Waals surface area contributed by atoms with E-state index in [1.54, 1.807) is 48.5 Å². The molecule has 0 saturated carbocycles. The number of carbonyl (C=O) groups is 2. The number of ketones is 1. The number of amides is 1. The minimum atomic E-state index is -0.158. The highest BCUT2D eigenvalue weighted by molar-refractivity contribution is 6.30. The Hall–Kier alpha value is -2.17. The highest BCUT2D eigenvalue weighted by Gasteiger charge is 2.27. The molecule has 1 atom stereocenters. The summed E-state index contributed by atoms with van der Waals surface area (Å²) in [5.74, 6) is 0.231. The van der Waals surface area contributed by atoms with Crippen molar-refractivity contribution in [1.82, 2.24) is 10.2 Å². The van der Waals surface area contributed by atoms with Crippen LogP contribution in [-0.4, -0.2) is 43.3 Å². The molecule has 1 unspecified atom stereocenters. The second-order valence-electron chi connectivity index (χ2n) is 6.70. The summed E-state index contributed by atoms with van der Waals surface area (Å²) in [7, 11) is 1.93. The zero-order chi connectivity index (χ0) is 18.5. The van der Waals surface area contributed by atoms with E-state index in [2.05, 4.69) is 5.32 Å². The lowest BCUT2D eigenvalue weighted by Gasteiger charge is -2.33. The van der Waals surface area contributed by atoms with E-state index >= 15 is 0 Å². The number of hydrogen-bond acceptors (Lipinski definition) is 3. The lowest BCUT2D eigenvalue weighted by atomic mass is 9.94. The average molecular weight is 371 g/mol. The number of halogens is 1. The lowest BCUT2D eigenvalue weighted by Crippen LogP contribution is -2.42. The van der Waals surface area contributed by atoms with Gasteiger partial charge in [0.15, 0.2) is 5.78 Å². The predicted octanol–water partition coefficient (Wildman–Crippen LogP) is 3.64. The highest BCUT2D eigenvalue weighted by atomic mass is 35.5. The standard InChI is InChI=1S/C21H23ClN2O2/c1-23-13-15-5-4-12-24(14-15)21(26)19-7-3-2-6-18(19)20(25)16-8-10-17(22)11-9-16/h2-3,6-11,15,23H,4-5,12-14H2,1H3. The highest BCUT2D eigenvalue weighted by Crippen LogP contribution is 2.22. The molecule has 0 bridgehead atoms. The molecule has 1 amide bonds. The van der Waals surface area contributed by atoms with Crippen LogP contribution in [0.2, 0.25) is 5.02 Å². The largest absolute Gasteiger partial charge is 0.338 e. The molecule has 136 valence electrons. The molecule has 1 heterocycles. The topological polar surface area (TPSA) is 49.4 Å². The monoisotopic (exact) mass is 370 g/mol. The van der Waals surface area contributed by atoms with Crippen LogP contribution in [0.1, 0.15) is 39.1 Å². The third-order valence-electron chi connectivity index (χ3n) is 4.81. The Morgan fingerprint density at radius 2 is 1.81 bits per heavy atom. The first kappa shape index (κ1) is 18.6. The van der Waals surface area contributed by atoms with Gasteiger partial charge >= 0.3 is 0 Å². The Morgan fingerprint density at radius 3 is 2.50 bits per heavy atom. The summed E-state index contributed by atoms with van der Waals surface area (Å²) < 4.78 is 0. The van der Waals surface area contributed by atoms with Gasteiger partial charge in [-0.05, 0) is 62.7 Å². The van der Waals surface area contributed by atoms with E-state index in [4.69, 9.17) is 11.6 Å². The zero-order valence-electron chi connectivity index (χ0n) is 14.9. The maximum absolute atomic E-state index is 13.1. The van der Waals surface area contributed by atoms with Crippen LogP contribution in [-0.2, 0) is 0 Å². The molecule has 26 heavy (non-hydrogen) atoms. The van der Waals surface area contributed by atoms with Crippen molar-refractivity contribution >= 4 is 23.3 Å². The maximum Gasteiger partial charge on any atom is 0.254 e. The first-order valence-electron chi connectivity index (χ1n) is 8.93. The van der Waals surface area contributed by atoms with Gasteiger partial charge in [-0.15, -0.1) is 0 Å². The third kappa shape index (κ3) is 4.14. The zero-order valence-corrected chi connectivity index (χ0v) is 15.6. The molecule has 1 N–H and O–H groups in total. The average Bonchev–Trinajstić information content (AvgIpc) is 2.68. The van der Waals surface area contributed by atoms with Crippen molar-refractivity contribution in [3.05, 3.63) is 70.2 Å². The van der Waals surface area contributed by atoms with Crippen LogP contribution in [0.15, 0.2) is 48.5 Å². The van der Waals surface area contributed by atoms with Crippen LogP contribution in [0.4, 0.5) is 0 Å². The van der Waals surface area contributed by atoms with Crippen molar-refractivity contribution in [2.45, 2.75) is 12.8 Å². The van der Waals surface area contributed by atoms with Crippen molar-refractivity contribution in [2.24, 2.45) is 5.92 Å². The molecule has 0 aromatic heterocycles. The van der Waals surface area contributed by atoms with Crippen molar-refractivity contribution in [1.29, 1.82) is 0 Å². The third-order valence-corrected chi connectivity index (χ3v) is 5.06. The lowest BCUT2D eigenvalue weighted by molar-refractivity contribution is 0.0671. The van der Waals surface area contributed by atoms with Crippen LogP contribution >= 0.6 is 11.6 Å². The fourth-order valence-electron chi connectivity index (χ4n) is 3.50. The Bertz CT molecular complexity index is 787. The SMILES string of the molecule is CNCC1CCCN(C(=O)c2ccccc2C(=O)c2ccc(Cl)cc2)C1. The summed E-state index contributed by atoms with van der Waals surface area (Å²) in [5, 5.41) is 3.77. The molecule has 4 nitrogen and oxygen atoms in total. The number of nitrogens with one attached hydrogen (secondary N) is 1. The molecule has 2 aromatic rings. The quantitative estimate of drug-likeness (QED) is 0.817. The normalized spacial score (nSPS) is 17.2. The molecule has 1 fully saturated rings. The molecular weight excluding hydrogens is 348 g/mol. The van der Waals surface area contributed by atoms with Crippen LogP contribution in [0.3, 0.4) is 0 Å². The number of carbonyl (C=O) groups excluding carboxylic acids is 2. The van der Waals surface area contributed by atoms with Crippen molar-refractivity contribution in [3.63, 3.8) is 0 Å². The second-order valence-corrected chi connectivity index (χ2v) is 7.14. The van der Waals surface area contributed by atoms with E-state index in [-0.39, 0.29) is 11.7 Å². The van der Waals surface area contributed by atoms with Crippen molar-refractivity contribution in [2.75, 3.05) is 26.7 Å². The molecule has 0 spiro atoms. The minimum absolute atomic E-state index is 0.0660. The Morgan fingerprint density at radius 1 is 1.12 bits per heavy atom. The Kier molecular flexibility index (Phi) is 6.07. The van der Waals surface area contributed by atoms with E-state index in [1.807, 2.05) is 11.9 Å². The van der Waals surface area contributed by atoms with Gasteiger partial charge in [0.1, 0.15) is 0 Å². The van der Waals surface area contributed by atoms with Crippen LogP contribution in [0, 0.1) is 5.92 Å². The molecular formula is C21H23ClN2O2. The molecule has 0 radical (unpaired) electrons. The van der Waals surface area contributed by atoms with Crippen molar-refractivity contribution in [3.8, 4) is 0 Å². The molecule has 0 aliphatic carbocycles. The smallest absolute Gasteiger partial charge is 0.254 e. The first-order valence-corrected chi connectivity index (χ1v) is 9.31. The number of likely N-dealkylation sites (tertiary alicyclic amines) is 1. The minimum Gasteiger partial charge on any atom is -0.338 e. The van der Waals surface area contributed by atoms with Gasteiger partial charge in [0.2, 0.25) is 0 Å². The van der Waals surface area contributed by atoms with E-state index < -0.39 is 0 Å². The first-order chi connectivity index (χ1) is 12.6. The molecule has 5 heteroatoms. The summed E-state index contributed by atoms with van der Waals surface area (Å²) in [6.45, 7) is 2.36. The van der Waals surface area contributed by atoms with Crippen LogP contribution in [0.5, 0.6) is 0 Å². The molecule has 2 aromatic carbocycles. The van der Waals surface area contributed by atoms with Gasteiger partial charge in [0.05, 0.1) is 5.56 Å². The van der Waals surface area contributed by atoms with Crippen molar-refractivity contribution < 1.29 is 9.59 Å². The summed E-state index contributed by atoms with van der Waals surface area (Å²) in [6.07, 6.45) is 2.11. The Balaban J connectivity index is 1.85. The predicted molar refractivity (Wildman–Crippen MR) is 104 cm³/mol. The summed E-state index contributed by atoms with van der Waals surface area (Å²) in [5.41, 5.74) is 1.44. The number of hydrogen-bond donors (Lipinski definition) is 1. The van der Waals surface area contributed by atoms with Crippen LogP contribution < -0.4 is 5.32 Å². The fraction of sp³-hybridized carbons (Fsp3) is 0.333. The van der Waals surface area contributed by atoms with Crippen LogP contribution in [0.25, 0.3) is 0 Å². The van der Waals surface area contributed by atoms with Gasteiger partial charge in [0, 0.05) is 29.2 Å².